The Balaban J connectivity index is 2.08. The Hall–Kier alpha value is -1.76. The number of nitrogens with one attached hydrogen (secondary N) is 1. The number of fused-ring (bicyclic) bond motifs is 1. The first kappa shape index (κ1) is 18.0. The molecule has 0 fully saturated rings. The smallest absolute Gasteiger partial charge is 0.338 e. The Kier molecular flexibility index (Phi) is 4.95. The molecule has 1 aliphatic carbocycles. The largest absolute Gasteiger partial charge is 0.478 e. The summed E-state index contributed by atoms with van der Waals surface area (Å²) >= 11 is 11.8. The molecule has 2 aromatic rings. The van der Waals surface area contributed by atoms with E-state index in [9.17, 15) is 18.3 Å². The Morgan fingerprint density at radius 3 is 2.52 bits per heavy atom. The highest BCUT2D eigenvalue weighted by molar-refractivity contribution is 7.92. The summed E-state index contributed by atoms with van der Waals surface area (Å²) in [4.78, 5) is 11.6. The van der Waals surface area contributed by atoms with E-state index < -0.39 is 16.0 Å². The molecule has 3 rings (SSSR count). The van der Waals surface area contributed by atoms with Crippen LogP contribution in [0.5, 0.6) is 0 Å². The lowest BCUT2D eigenvalue weighted by Crippen LogP contribution is -2.19. The molecule has 0 heterocycles. The third-order valence-corrected chi connectivity index (χ3v) is 6.26. The highest BCUT2D eigenvalue weighted by Crippen LogP contribution is 2.32. The fraction of sp³-hybridized carbons (Fsp3) is 0.235. The zero-order chi connectivity index (χ0) is 18.2. The van der Waals surface area contributed by atoms with Gasteiger partial charge in [0.2, 0.25) is 0 Å². The molecule has 2 N–H and O–H groups in total. The minimum absolute atomic E-state index is 0.000995. The van der Waals surface area contributed by atoms with E-state index in [2.05, 4.69) is 4.72 Å². The van der Waals surface area contributed by atoms with Gasteiger partial charge in [-0.05, 0) is 61.1 Å². The number of hydrogen-bond acceptors (Lipinski definition) is 3. The van der Waals surface area contributed by atoms with Crippen molar-refractivity contribution >= 4 is 44.9 Å². The molecule has 0 saturated heterocycles. The van der Waals surface area contributed by atoms with E-state index in [1.807, 2.05) is 0 Å². The number of carboxylic acids is 1. The van der Waals surface area contributed by atoms with Crippen molar-refractivity contribution in [1.82, 2.24) is 0 Å². The quantitative estimate of drug-likeness (QED) is 0.798. The van der Waals surface area contributed by atoms with E-state index in [0.717, 1.165) is 24.8 Å². The maximum Gasteiger partial charge on any atom is 0.338 e. The van der Waals surface area contributed by atoms with Crippen molar-refractivity contribution in [2.24, 2.45) is 0 Å². The van der Waals surface area contributed by atoms with Gasteiger partial charge < -0.3 is 5.11 Å². The normalized spacial score (nSPS) is 14.0. The van der Waals surface area contributed by atoms with Crippen molar-refractivity contribution in [2.45, 2.75) is 30.6 Å². The van der Waals surface area contributed by atoms with Crippen LogP contribution in [0.2, 0.25) is 10.0 Å². The van der Waals surface area contributed by atoms with Gasteiger partial charge in [-0.3, -0.25) is 4.72 Å². The van der Waals surface area contributed by atoms with E-state index >= 15 is 0 Å². The molecule has 0 saturated carbocycles. The molecule has 0 atom stereocenters. The van der Waals surface area contributed by atoms with Crippen LogP contribution in [0.1, 0.15) is 34.3 Å². The number of aromatic carboxylic acids is 1. The fourth-order valence-electron chi connectivity index (χ4n) is 3.04. The zero-order valence-electron chi connectivity index (χ0n) is 13.1. The van der Waals surface area contributed by atoms with Gasteiger partial charge in [-0.15, -0.1) is 0 Å². The second kappa shape index (κ2) is 6.86. The molecule has 1 aliphatic rings. The van der Waals surface area contributed by atoms with Gasteiger partial charge in [0.25, 0.3) is 10.0 Å². The van der Waals surface area contributed by atoms with Crippen LogP contribution in [0, 0.1) is 0 Å². The van der Waals surface area contributed by atoms with E-state index in [-0.39, 0.29) is 26.2 Å². The number of anilines is 1. The lowest BCUT2D eigenvalue weighted by molar-refractivity contribution is 0.0696. The Morgan fingerprint density at radius 1 is 1.08 bits per heavy atom. The topological polar surface area (TPSA) is 83.5 Å². The second-order valence-electron chi connectivity index (χ2n) is 5.82. The third kappa shape index (κ3) is 3.61. The number of hydrogen-bond donors (Lipinski definition) is 2. The summed E-state index contributed by atoms with van der Waals surface area (Å²) in [6, 6.07) is 7.35. The predicted octanol–water partition coefficient (Wildman–Crippen LogP) is 4.37. The molecule has 5 nitrogen and oxygen atoms in total. The van der Waals surface area contributed by atoms with Gasteiger partial charge in [0, 0.05) is 5.02 Å². The maximum absolute atomic E-state index is 12.7. The van der Waals surface area contributed by atoms with E-state index in [1.54, 1.807) is 6.07 Å². The molecule has 0 amide bonds. The fourth-order valence-corrected chi connectivity index (χ4v) is 4.88. The van der Waals surface area contributed by atoms with Gasteiger partial charge >= 0.3 is 5.97 Å². The summed E-state index contributed by atoms with van der Waals surface area (Å²) in [6.45, 7) is 0. The number of carboxylic acid groups (broad SMARTS) is 1. The van der Waals surface area contributed by atoms with Crippen molar-refractivity contribution in [2.75, 3.05) is 4.72 Å². The van der Waals surface area contributed by atoms with Gasteiger partial charge in [0.15, 0.2) is 0 Å². The highest BCUT2D eigenvalue weighted by atomic mass is 35.5. The molecule has 25 heavy (non-hydrogen) atoms. The molecule has 0 aromatic heterocycles. The predicted molar refractivity (Wildman–Crippen MR) is 97.3 cm³/mol. The molecule has 0 unspecified atom stereocenters. The molecule has 132 valence electrons. The average Bonchev–Trinajstić information content (AvgIpc) is 2.56. The maximum atomic E-state index is 12.7. The van der Waals surface area contributed by atoms with Crippen LogP contribution in [0.25, 0.3) is 0 Å². The number of benzene rings is 2. The number of sulfonamides is 1. The van der Waals surface area contributed by atoms with Crippen LogP contribution in [-0.2, 0) is 22.9 Å². The number of carbonyl (C=O) groups is 1. The van der Waals surface area contributed by atoms with E-state index in [4.69, 9.17) is 23.2 Å². The molecule has 0 bridgehead atoms. The summed E-state index contributed by atoms with van der Waals surface area (Å²) in [5.41, 5.74) is 1.67. The van der Waals surface area contributed by atoms with Gasteiger partial charge in [0.05, 0.1) is 16.3 Å². The SMILES string of the molecule is O=C(O)c1c(NS(=O)(=O)c2cc(Cl)ccc2Cl)ccc2c1CCCC2. The molecule has 0 aliphatic heterocycles. The molecular weight excluding hydrogens is 385 g/mol. The summed E-state index contributed by atoms with van der Waals surface area (Å²) < 4.78 is 27.7. The molecule has 0 spiro atoms. The van der Waals surface area contributed by atoms with Gasteiger partial charge in [-0.1, -0.05) is 29.3 Å². The van der Waals surface area contributed by atoms with Crippen LogP contribution >= 0.6 is 23.2 Å². The summed E-state index contributed by atoms with van der Waals surface area (Å²) in [5, 5.41) is 9.83. The van der Waals surface area contributed by atoms with Crippen molar-refractivity contribution < 1.29 is 18.3 Å². The van der Waals surface area contributed by atoms with Crippen molar-refractivity contribution in [3.8, 4) is 0 Å². The second-order valence-corrected chi connectivity index (χ2v) is 8.31. The van der Waals surface area contributed by atoms with Gasteiger partial charge in [-0.25, -0.2) is 13.2 Å². The Morgan fingerprint density at radius 2 is 1.80 bits per heavy atom. The lowest BCUT2D eigenvalue weighted by Gasteiger charge is -2.21. The summed E-state index contributed by atoms with van der Waals surface area (Å²) in [7, 11) is -4.08. The molecular formula is C17H15Cl2NO4S. The van der Waals surface area contributed by atoms with Crippen molar-refractivity contribution in [1.29, 1.82) is 0 Å². The van der Waals surface area contributed by atoms with Crippen LogP contribution in [0.15, 0.2) is 35.2 Å². The Bertz CT molecular complexity index is 957. The summed E-state index contributed by atoms with van der Waals surface area (Å²) in [5.74, 6) is -1.16. The standard InChI is InChI=1S/C17H15Cl2NO4S/c18-11-6-7-13(19)15(9-11)25(23,24)20-14-8-5-10-3-1-2-4-12(10)16(14)17(21)22/h5-9,20H,1-4H2,(H,21,22). The minimum atomic E-state index is -4.08. The molecule has 0 radical (unpaired) electrons. The monoisotopic (exact) mass is 399 g/mol. The van der Waals surface area contributed by atoms with Crippen LogP contribution in [0.3, 0.4) is 0 Å². The number of rotatable bonds is 4. The van der Waals surface area contributed by atoms with Gasteiger partial charge in [0.1, 0.15) is 4.90 Å². The molecule has 2 aromatic carbocycles. The highest BCUT2D eigenvalue weighted by Gasteiger charge is 2.25. The number of halogens is 2. The first-order valence-corrected chi connectivity index (χ1v) is 9.89. The van der Waals surface area contributed by atoms with Gasteiger partial charge in [-0.2, -0.15) is 0 Å². The van der Waals surface area contributed by atoms with E-state index in [0.29, 0.717) is 12.0 Å². The van der Waals surface area contributed by atoms with Crippen LogP contribution in [-0.4, -0.2) is 19.5 Å². The number of aryl methyl sites for hydroxylation is 1. The first-order valence-electron chi connectivity index (χ1n) is 7.65. The minimum Gasteiger partial charge on any atom is -0.478 e. The van der Waals surface area contributed by atoms with Crippen LogP contribution in [0.4, 0.5) is 5.69 Å². The summed E-state index contributed by atoms with van der Waals surface area (Å²) in [6.07, 6.45) is 3.28. The third-order valence-electron chi connectivity index (χ3n) is 4.17. The molecule has 8 heteroatoms. The van der Waals surface area contributed by atoms with E-state index in [1.165, 1.54) is 24.3 Å². The van der Waals surface area contributed by atoms with Crippen molar-refractivity contribution in [3.63, 3.8) is 0 Å². The lowest BCUT2D eigenvalue weighted by atomic mass is 9.87. The first-order chi connectivity index (χ1) is 11.8. The van der Waals surface area contributed by atoms with Crippen molar-refractivity contribution in [3.05, 3.63) is 57.1 Å². The zero-order valence-corrected chi connectivity index (χ0v) is 15.4. The Labute approximate surface area is 155 Å². The van der Waals surface area contributed by atoms with Crippen LogP contribution < -0.4 is 4.72 Å². The average molecular weight is 400 g/mol.